The maximum atomic E-state index is 12.6. The molecular formula is C23H17Cl2N3O2S. The molecule has 3 aromatic rings. The summed E-state index contributed by atoms with van der Waals surface area (Å²) in [4.78, 5) is 17.8. The molecule has 3 rings (SSSR count). The smallest absolute Gasteiger partial charge is 0.268 e. The van der Waals surface area contributed by atoms with Crippen LogP contribution in [0.25, 0.3) is 6.08 Å². The Bertz CT molecular complexity index is 1160. The fourth-order valence-corrected chi connectivity index (χ4v) is 3.78. The van der Waals surface area contributed by atoms with Gasteiger partial charge >= 0.3 is 0 Å². The number of rotatable bonds is 8. The van der Waals surface area contributed by atoms with Crippen LogP contribution in [0, 0.1) is 11.3 Å². The molecule has 31 heavy (non-hydrogen) atoms. The van der Waals surface area contributed by atoms with E-state index in [-0.39, 0.29) is 12.2 Å². The van der Waals surface area contributed by atoms with Crippen LogP contribution in [-0.4, -0.2) is 17.5 Å². The number of benzene rings is 2. The number of nitrogens with zero attached hydrogens (tertiary/aromatic N) is 2. The highest BCUT2D eigenvalue weighted by atomic mass is 35.5. The van der Waals surface area contributed by atoms with Crippen LogP contribution in [0.3, 0.4) is 0 Å². The molecule has 1 aromatic heterocycles. The van der Waals surface area contributed by atoms with Crippen molar-refractivity contribution in [3.05, 3.63) is 92.9 Å². The fraction of sp³-hybridized carbons (Fsp3) is 0.0870. The molecule has 0 unspecified atom stereocenters. The molecule has 0 spiro atoms. The standard InChI is InChI=1S/C23H17Cl2N3O2S/c1-2-9-30-21-8-7-19(25)12-16(21)11-17(13-26)22(29)28-23-27-14-20(31-23)10-15-3-5-18(24)6-4-15/h2-8,11-12,14H,1,9-10H2,(H,27,28,29)/b17-11+. The summed E-state index contributed by atoms with van der Waals surface area (Å²) in [6, 6.07) is 14.4. The molecule has 8 heteroatoms. The number of ether oxygens (including phenoxy) is 1. The van der Waals surface area contributed by atoms with Gasteiger partial charge in [0.05, 0.1) is 0 Å². The van der Waals surface area contributed by atoms with Crippen molar-refractivity contribution in [2.75, 3.05) is 11.9 Å². The Kier molecular flexibility index (Phi) is 7.85. The summed E-state index contributed by atoms with van der Waals surface area (Å²) in [7, 11) is 0. The lowest BCUT2D eigenvalue weighted by molar-refractivity contribution is -0.112. The number of thiazole rings is 1. The average molecular weight is 470 g/mol. The molecule has 1 heterocycles. The molecule has 5 nitrogen and oxygen atoms in total. The number of aromatic nitrogens is 1. The first kappa shape index (κ1) is 22.6. The lowest BCUT2D eigenvalue weighted by atomic mass is 10.1. The van der Waals surface area contributed by atoms with Gasteiger partial charge in [-0.3, -0.25) is 10.1 Å². The molecule has 0 radical (unpaired) electrons. The zero-order valence-electron chi connectivity index (χ0n) is 16.3. The van der Waals surface area contributed by atoms with Crippen LogP contribution in [0.4, 0.5) is 5.13 Å². The number of hydrogen-bond donors (Lipinski definition) is 1. The van der Waals surface area contributed by atoms with Gasteiger partial charge in [0.15, 0.2) is 5.13 Å². The number of amides is 1. The molecule has 0 bridgehead atoms. The van der Waals surface area contributed by atoms with Crippen LogP contribution in [0.5, 0.6) is 5.75 Å². The Morgan fingerprint density at radius 3 is 2.68 bits per heavy atom. The van der Waals surface area contributed by atoms with Gasteiger partial charge < -0.3 is 4.74 Å². The van der Waals surface area contributed by atoms with Crippen LogP contribution < -0.4 is 10.1 Å². The molecule has 0 saturated carbocycles. The van der Waals surface area contributed by atoms with Crippen LogP contribution >= 0.6 is 34.5 Å². The first-order chi connectivity index (χ1) is 15.0. The Hall–Kier alpha value is -3.11. The van der Waals surface area contributed by atoms with E-state index in [0.29, 0.717) is 32.9 Å². The Labute approximate surface area is 194 Å². The highest BCUT2D eigenvalue weighted by Gasteiger charge is 2.14. The van der Waals surface area contributed by atoms with Gasteiger partial charge in [-0.15, -0.1) is 11.3 Å². The lowest BCUT2D eigenvalue weighted by Gasteiger charge is -2.08. The molecule has 0 saturated heterocycles. The number of hydrogen-bond acceptors (Lipinski definition) is 5. The third-order valence-electron chi connectivity index (χ3n) is 4.06. The normalized spacial score (nSPS) is 10.9. The van der Waals surface area contributed by atoms with E-state index in [2.05, 4.69) is 16.9 Å². The van der Waals surface area contributed by atoms with E-state index >= 15 is 0 Å². The van der Waals surface area contributed by atoms with Crippen molar-refractivity contribution < 1.29 is 9.53 Å². The summed E-state index contributed by atoms with van der Waals surface area (Å²) in [5.41, 5.74) is 1.50. The number of anilines is 1. The van der Waals surface area contributed by atoms with Gasteiger partial charge in [0.2, 0.25) is 0 Å². The monoisotopic (exact) mass is 469 g/mol. The van der Waals surface area contributed by atoms with E-state index in [1.807, 2.05) is 30.3 Å². The topological polar surface area (TPSA) is 75.0 Å². The van der Waals surface area contributed by atoms with Crippen molar-refractivity contribution in [2.45, 2.75) is 6.42 Å². The van der Waals surface area contributed by atoms with Crippen LogP contribution in [-0.2, 0) is 11.2 Å². The van der Waals surface area contributed by atoms with E-state index < -0.39 is 5.91 Å². The number of nitriles is 1. The second kappa shape index (κ2) is 10.8. The minimum Gasteiger partial charge on any atom is -0.489 e. The number of carbonyl (C=O) groups excluding carboxylic acids is 1. The van der Waals surface area contributed by atoms with Crippen molar-refractivity contribution in [3.63, 3.8) is 0 Å². The molecule has 0 atom stereocenters. The SMILES string of the molecule is C=CCOc1ccc(Cl)cc1/C=C(\C#N)C(=O)Nc1ncc(Cc2ccc(Cl)cc2)s1. The number of carbonyl (C=O) groups is 1. The van der Waals surface area contributed by atoms with Gasteiger partial charge in [0, 0.05) is 33.1 Å². The third kappa shape index (κ3) is 6.43. The average Bonchev–Trinajstić information content (AvgIpc) is 3.19. The van der Waals surface area contributed by atoms with E-state index in [1.165, 1.54) is 17.4 Å². The summed E-state index contributed by atoms with van der Waals surface area (Å²) in [5, 5.41) is 13.7. The Balaban J connectivity index is 1.74. The van der Waals surface area contributed by atoms with Crippen molar-refractivity contribution in [1.82, 2.24) is 4.98 Å². The van der Waals surface area contributed by atoms with Gasteiger partial charge in [-0.1, -0.05) is 48.0 Å². The third-order valence-corrected chi connectivity index (χ3v) is 5.46. The molecule has 0 aliphatic carbocycles. The van der Waals surface area contributed by atoms with E-state index in [0.717, 1.165) is 10.4 Å². The summed E-state index contributed by atoms with van der Waals surface area (Å²) in [6.45, 7) is 3.90. The fourth-order valence-electron chi connectivity index (χ4n) is 2.63. The lowest BCUT2D eigenvalue weighted by Crippen LogP contribution is -2.13. The van der Waals surface area contributed by atoms with Gasteiger partial charge in [-0.25, -0.2) is 4.98 Å². The minimum atomic E-state index is -0.565. The van der Waals surface area contributed by atoms with Crippen LogP contribution in [0.1, 0.15) is 16.0 Å². The van der Waals surface area contributed by atoms with Crippen LogP contribution in [0.2, 0.25) is 10.0 Å². The first-order valence-electron chi connectivity index (χ1n) is 9.14. The van der Waals surface area contributed by atoms with Crippen molar-refractivity contribution >= 4 is 51.7 Å². The Morgan fingerprint density at radius 1 is 1.23 bits per heavy atom. The highest BCUT2D eigenvalue weighted by molar-refractivity contribution is 7.15. The summed E-state index contributed by atoms with van der Waals surface area (Å²) in [6.07, 6.45) is 5.40. The van der Waals surface area contributed by atoms with Gasteiger partial charge in [-0.2, -0.15) is 5.26 Å². The second-order valence-electron chi connectivity index (χ2n) is 6.34. The zero-order valence-corrected chi connectivity index (χ0v) is 18.6. The zero-order chi connectivity index (χ0) is 22.2. The number of nitrogens with one attached hydrogen (secondary N) is 1. The van der Waals surface area contributed by atoms with Crippen molar-refractivity contribution in [2.24, 2.45) is 0 Å². The molecule has 0 fully saturated rings. The first-order valence-corrected chi connectivity index (χ1v) is 10.7. The van der Waals surface area contributed by atoms with E-state index in [1.54, 1.807) is 30.5 Å². The minimum absolute atomic E-state index is 0.0971. The van der Waals surface area contributed by atoms with Gasteiger partial charge in [0.25, 0.3) is 5.91 Å². The van der Waals surface area contributed by atoms with E-state index in [9.17, 15) is 10.1 Å². The molecule has 2 aromatic carbocycles. The maximum Gasteiger partial charge on any atom is 0.268 e. The number of halogens is 2. The molecule has 1 amide bonds. The molecule has 0 aliphatic rings. The molecule has 156 valence electrons. The predicted molar refractivity (Wildman–Crippen MR) is 126 cm³/mol. The second-order valence-corrected chi connectivity index (χ2v) is 8.33. The molecule has 0 aliphatic heterocycles. The van der Waals surface area contributed by atoms with E-state index in [4.69, 9.17) is 27.9 Å². The Morgan fingerprint density at radius 2 is 1.97 bits per heavy atom. The summed E-state index contributed by atoms with van der Waals surface area (Å²) in [5.74, 6) is -0.0751. The summed E-state index contributed by atoms with van der Waals surface area (Å²) >= 11 is 13.3. The van der Waals surface area contributed by atoms with Crippen LogP contribution in [0.15, 0.2) is 66.9 Å². The molecule has 1 N–H and O–H groups in total. The maximum absolute atomic E-state index is 12.6. The quantitative estimate of drug-likeness (QED) is 0.243. The van der Waals surface area contributed by atoms with Gasteiger partial charge in [-0.05, 0) is 42.0 Å². The molecular weight excluding hydrogens is 453 g/mol. The van der Waals surface area contributed by atoms with Crippen molar-refractivity contribution in [1.29, 1.82) is 5.26 Å². The van der Waals surface area contributed by atoms with Gasteiger partial charge in [0.1, 0.15) is 24.0 Å². The summed E-state index contributed by atoms with van der Waals surface area (Å²) < 4.78 is 5.57. The van der Waals surface area contributed by atoms with Crippen molar-refractivity contribution in [3.8, 4) is 11.8 Å². The highest BCUT2D eigenvalue weighted by Crippen LogP contribution is 2.26. The predicted octanol–water partition coefficient (Wildman–Crippen LogP) is 6.15. The largest absolute Gasteiger partial charge is 0.489 e.